The zero-order valence-electron chi connectivity index (χ0n) is 23.9. The molecule has 0 unspecified atom stereocenters. The van der Waals surface area contributed by atoms with Gasteiger partial charge in [0.05, 0.1) is 11.0 Å². The van der Waals surface area contributed by atoms with Gasteiger partial charge in [-0.25, -0.2) is 19.9 Å². The van der Waals surface area contributed by atoms with Gasteiger partial charge in [-0.15, -0.1) is 0 Å². The van der Waals surface area contributed by atoms with Crippen LogP contribution in [0.3, 0.4) is 0 Å². The lowest BCUT2D eigenvalue weighted by molar-refractivity contribution is 0.607. The number of nitrogens with one attached hydrogen (secondary N) is 2. The van der Waals surface area contributed by atoms with Crippen LogP contribution in [0.5, 0.6) is 0 Å². The number of nitrogens with zero attached hydrogens (tertiary/aromatic N) is 6. The van der Waals surface area contributed by atoms with E-state index in [-0.39, 0.29) is 0 Å². The maximum Gasteiger partial charge on any atom is 0.137 e. The van der Waals surface area contributed by atoms with Gasteiger partial charge >= 0.3 is 0 Å². The minimum Gasteiger partial charge on any atom is -0.369 e. The molecule has 1 aliphatic rings. The van der Waals surface area contributed by atoms with Crippen LogP contribution < -0.4 is 20.4 Å². The fourth-order valence-electron chi connectivity index (χ4n) is 5.44. The number of fused-ring (bicyclic) bond motifs is 2. The van der Waals surface area contributed by atoms with Crippen LogP contribution in [-0.4, -0.2) is 59.2 Å². The SMILES string of the molecule is CC(C)CCNc1ncnc2cc(N3CCN(c4ccc5c(NCCc6ccccc6)ncnc5c4)CC3)ccc12. The van der Waals surface area contributed by atoms with Gasteiger partial charge in [-0.05, 0) is 60.7 Å². The van der Waals surface area contributed by atoms with Gasteiger partial charge in [-0.3, -0.25) is 0 Å². The summed E-state index contributed by atoms with van der Waals surface area (Å²) >= 11 is 0. The fourth-order valence-corrected chi connectivity index (χ4v) is 5.44. The van der Waals surface area contributed by atoms with Gasteiger partial charge in [0.15, 0.2) is 0 Å². The average molecular weight is 547 g/mol. The summed E-state index contributed by atoms with van der Waals surface area (Å²) in [6.07, 6.45) is 5.39. The van der Waals surface area contributed by atoms with E-state index in [9.17, 15) is 0 Å². The third kappa shape index (κ3) is 6.32. The van der Waals surface area contributed by atoms with Crippen LogP contribution in [0.2, 0.25) is 0 Å². The van der Waals surface area contributed by atoms with Crippen molar-refractivity contribution in [3.8, 4) is 0 Å². The molecule has 2 aromatic heterocycles. The van der Waals surface area contributed by atoms with Crippen molar-refractivity contribution in [3.63, 3.8) is 0 Å². The maximum atomic E-state index is 4.58. The van der Waals surface area contributed by atoms with E-state index in [0.717, 1.165) is 85.6 Å². The molecule has 1 saturated heterocycles. The Bertz CT molecular complexity index is 1600. The molecular weight excluding hydrogens is 508 g/mol. The van der Waals surface area contributed by atoms with E-state index in [1.807, 2.05) is 6.07 Å². The second-order valence-electron chi connectivity index (χ2n) is 11.1. The summed E-state index contributed by atoms with van der Waals surface area (Å²) in [6, 6.07) is 23.6. The summed E-state index contributed by atoms with van der Waals surface area (Å²) in [5, 5.41) is 9.12. The zero-order valence-corrected chi connectivity index (χ0v) is 23.9. The van der Waals surface area contributed by atoms with Gasteiger partial charge in [-0.2, -0.15) is 0 Å². The topological polar surface area (TPSA) is 82.1 Å². The molecule has 0 spiro atoms. The van der Waals surface area contributed by atoms with Crippen molar-refractivity contribution in [2.75, 3.05) is 59.7 Å². The Kier molecular flexibility index (Phi) is 8.07. The molecule has 3 aromatic carbocycles. The van der Waals surface area contributed by atoms with Crippen molar-refractivity contribution in [1.29, 1.82) is 0 Å². The first kappa shape index (κ1) is 26.7. The van der Waals surface area contributed by atoms with Crippen LogP contribution in [0.15, 0.2) is 79.4 Å². The molecule has 1 aliphatic heterocycles. The quantitative estimate of drug-likeness (QED) is 0.220. The summed E-state index contributed by atoms with van der Waals surface area (Å²) in [4.78, 5) is 23.0. The average Bonchev–Trinajstić information content (AvgIpc) is 3.01. The van der Waals surface area contributed by atoms with Crippen LogP contribution in [0.4, 0.5) is 23.0 Å². The molecule has 8 nitrogen and oxygen atoms in total. The van der Waals surface area contributed by atoms with Gasteiger partial charge in [0.1, 0.15) is 24.3 Å². The van der Waals surface area contributed by atoms with Gasteiger partial charge in [0, 0.05) is 61.4 Å². The number of benzene rings is 3. The maximum absolute atomic E-state index is 4.58. The Morgan fingerprint density at radius 3 is 1.73 bits per heavy atom. The smallest absolute Gasteiger partial charge is 0.137 e. The number of hydrogen-bond donors (Lipinski definition) is 2. The molecule has 0 atom stereocenters. The van der Waals surface area contributed by atoms with E-state index in [1.165, 1.54) is 16.9 Å². The van der Waals surface area contributed by atoms with Crippen molar-refractivity contribution in [2.45, 2.75) is 26.7 Å². The molecule has 0 radical (unpaired) electrons. The molecule has 0 amide bonds. The van der Waals surface area contributed by atoms with Crippen molar-refractivity contribution in [3.05, 3.63) is 84.9 Å². The van der Waals surface area contributed by atoms with E-state index in [1.54, 1.807) is 12.7 Å². The standard InChI is InChI=1S/C33H38N8/c1-24(2)12-14-34-32-28-10-8-26(20-30(28)36-22-38-32)40-16-18-41(19-17-40)27-9-11-29-31(21-27)37-23-39-33(29)35-15-13-25-6-4-3-5-7-25/h3-11,20-24H,12-19H2,1-2H3,(H,34,36,38)(H,35,37,39). The summed E-state index contributed by atoms with van der Waals surface area (Å²) in [5.74, 6) is 2.47. The highest BCUT2D eigenvalue weighted by Gasteiger charge is 2.19. The highest BCUT2D eigenvalue weighted by Crippen LogP contribution is 2.28. The normalized spacial score (nSPS) is 13.7. The van der Waals surface area contributed by atoms with Crippen molar-refractivity contribution in [1.82, 2.24) is 19.9 Å². The van der Waals surface area contributed by atoms with Crippen LogP contribution in [0.25, 0.3) is 21.8 Å². The first-order valence-electron chi connectivity index (χ1n) is 14.6. The highest BCUT2D eigenvalue weighted by molar-refractivity contribution is 5.92. The predicted octanol–water partition coefficient (Wildman–Crippen LogP) is 6.01. The molecule has 0 aliphatic carbocycles. The molecule has 5 aromatic rings. The van der Waals surface area contributed by atoms with E-state index in [0.29, 0.717) is 5.92 Å². The molecular formula is C33H38N8. The molecule has 0 saturated carbocycles. The van der Waals surface area contributed by atoms with Crippen LogP contribution >= 0.6 is 0 Å². The molecule has 6 rings (SSSR count). The summed E-state index contributed by atoms with van der Waals surface area (Å²) in [6.45, 7) is 10.0. The number of piperazine rings is 1. The minimum absolute atomic E-state index is 0.661. The third-order valence-corrected chi connectivity index (χ3v) is 7.81. The van der Waals surface area contributed by atoms with Gasteiger partial charge in [-0.1, -0.05) is 44.2 Å². The lowest BCUT2D eigenvalue weighted by Crippen LogP contribution is -2.46. The van der Waals surface area contributed by atoms with Gasteiger partial charge < -0.3 is 20.4 Å². The van der Waals surface area contributed by atoms with E-state index in [2.05, 4.69) is 115 Å². The predicted molar refractivity (Wildman–Crippen MR) is 170 cm³/mol. The zero-order chi connectivity index (χ0) is 28.0. The van der Waals surface area contributed by atoms with Crippen LogP contribution in [0, 0.1) is 5.92 Å². The fraction of sp³-hybridized carbons (Fsp3) is 0.333. The van der Waals surface area contributed by atoms with E-state index >= 15 is 0 Å². The Morgan fingerprint density at radius 1 is 0.659 bits per heavy atom. The molecule has 41 heavy (non-hydrogen) atoms. The lowest BCUT2D eigenvalue weighted by Gasteiger charge is -2.37. The largest absolute Gasteiger partial charge is 0.369 e. The molecule has 3 heterocycles. The van der Waals surface area contributed by atoms with E-state index < -0.39 is 0 Å². The molecule has 2 N–H and O–H groups in total. The summed E-state index contributed by atoms with van der Waals surface area (Å²) in [7, 11) is 0. The summed E-state index contributed by atoms with van der Waals surface area (Å²) in [5.41, 5.74) is 5.68. The van der Waals surface area contributed by atoms with Gasteiger partial charge in [0.25, 0.3) is 0 Å². The van der Waals surface area contributed by atoms with Crippen molar-refractivity contribution >= 4 is 44.8 Å². The van der Waals surface area contributed by atoms with Crippen molar-refractivity contribution in [2.24, 2.45) is 5.92 Å². The Balaban J connectivity index is 1.09. The number of hydrogen-bond acceptors (Lipinski definition) is 8. The lowest BCUT2D eigenvalue weighted by atomic mass is 10.1. The van der Waals surface area contributed by atoms with Crippen LogP contribution in [-0.2, 0) is 6.42 Å². The van der Waals surface area contributed by atoms with Gasteiger partial charge in [0.2, 0.25) is 0 Å². The van der Waals surface area contributed by atoms with E-state index in [4.69, 9.17) is 0 Å². The molecule has 1 fully saturated rings. The number of aromatic nitrogens is 4. The highest BCUT2D eigenvalue weighted by atomic mass is 15.3. The number of anilines is 4. The number of rotatable bonds is 10. The second kappa shape index (κ2) is 12.4. The minimum atomic E-state index is 0.661. The summed E-state index contributed by atoms with van der Waals surface area (Å²) < 4.78 is 0. The Morgan fingerprint density at radius 2 is 1.20 bits per heavy atom. The molecule has 8 heteroatoms. The molecule has 210 valence electrons. The second-order valence-corrected chi connectivity index (χ2v) is 11.1. The first-order valence-corrected chi connectivity index (χ1v) is 14.6. The third-order valence-electron chi connectivity index (χ3n) is 7.81. The first-order chi connectivity index (χ1) is 20.1. The molecule has 0 bridgehead atoms. The Hall–Kier alpha value is -4.46. The van der Waals surface area contributed by atoms with Crippen LogP contribution in [0.1, 0.15) is 25.8 Å². The Labute approximate surface area is 241 Å². The van der Waals surface area contributed by atoms with Crippen molar-refractivity contribution < 1.29 is 0 Å². The monoisotopic (exact) mass is 546 g/mol.